The Morgan fingerprint density at radius 3 is 2.29 bits per heavy atom. The second-order valence-electron chi connectivity index (χ2n) is 8.86. The van der Waals surface area contributed by atoms with Crippen molar-refractivity contribution >= 4 is 17.7 Å². The largest absolute Gasteiger partial charge is 0.497 e. The summed E-state index contributed by atoms with van der Waals surface area (Å²) in [7, 11) is 1.54. The van der Waals surface area contributed by atoms with Gasteiger partial charge in [0, 0.05) is 37.3 Å². The van der Waals surface area contributed by atoms with Crippen molar-refractivity contribution < 1.29 is 23.5 Å². The van der Waals surface area contributed by atoms with Crippen LogP contribution in [-0.4, -0.2) is 66.9 Å². The summed E-state index contributed by atoms with van der Waals surface area (Å²) >= 11 is 0. The molecule has 34 heavy (non-hydrogen) atoms. The van der Waals surface area contributed by atoms with Crippen molar-refractivity contribution in [3.63, 3.8) is 0 Å². The summed E-state index contributed by atoms with van der Waals surface area (Å²) in [6.45, 7) is 2.28. The summed E-state index contributed by atoms with van der Waals surface area (Å²) in [6.07, 6.45) is 3.07. The van der Waals surface area contributed by atoms with Gasteiger partial charge in [-0.15, -0.1) is 0 Å². The molecule has 3 amide bonds. The SMILES string of the molecule is COc1cccc(C(=O)N[C@H](C(=O)N2CCCC2)C2CCN(C(=O)c3cccc(F)c3)CC2)c1. The average Bonchev–Trinajstić information content (AvgIpc) is 3.42. The van der Waals surface area contributed by atoms with E-state index in [0.29, 0.717) is 55.9 Å². The molecule has 1 N–H and O–H groups in total. The minimum absolute atomic E-state index is 0.0661. The van der Waals surface area contributed by atoms with Crippen LogP contribution in [0.4, 0.5) is 4.39 Å². The van der Waals surface area contributed by atoms with Gasteiger partial charge in [-0.2, -0.15) is 0 Å². The molecule has 7 nitrogen and oxygen atoms in total. The van der Waals surface area contributed by atoms with Crippen LogP contribution in [0.1, 0.15) is 46.4 Å². The van der Waals surface area contributed by atoms with Crippen LogP contribution >= 0.6 is 0 Å². The smallest absolute Gasteiger partial charge is 0.253 e. The molecule has 2 aromatic rings. The Hall–Kier alpha value is -3.42. The first-order valence-electron chi connectivity index (χ1n) is 11.7. The fourth-order valence-corrected chi connectivity index (χ4v) is 4.74. The minimum Gasteiger partial charge on any atom is -0.497 e. The van der Waals surface area contributed by atoms with Crippen LogP contribution in [0.3, 0.4) is 0 Å². The van der Waals surface area contributed by atoms with Gasteiger partial charge in [0.05, 0.1) is 7.11 Å². The van der Waals surface area contributed by atoms with Gasteiger partial charge in [0.25, 0.3) is 11.8 Å². The molecule has 0 spiro atoms. The monoisotopic (exact) mass is 467 g/mol. The predicted octanol–water partition coefficient (Wildman–Crippen LogP) is 3.11. The van der Waals surface area contributed by atoms with E-state index in [2.05, 4.69) is 5.32 Å². The maximum atomic E-state index is 13.5. The second-order valence-corrected chi connectivity index (χ2v) is 8.86. The van der Waals surface area contributed by atoms with Crippen molar-refractivity contribution in [1.29, 1.82) is 0 Å². The molecular formula is C26H30FN3O4. The number of benzene rings is 2. The number of likely N-dealkylation sites (tertiary alicyclic amines) is 2. The van der Waals surface area contributed by atoms with E-state index in [9.17, 15) is 18.8 Å². The molecule has 2 fully saturated rings. The van der Waals surface area contributed by atoms with Gasteiger partial charge in [0.2, 0.25) is 5.91 Å². The molecule has 0 aliphatic carbocycles. The third-order valence-electron chi connectivity index (χ3n) is 6.67. The molecule has 2 heterocycles. The Labute approximate surface area is 198 Å². The molecule has 2 saturated heterocycles. The highest BCUT2D eigenvalue weighted by Crippen LogP contribution is 2.25. The maximum Gasteiger partial charge on any atom is 0.253 e. The number of amides is 3. The lowest BCUT2D eigenvalue weighted by atomic mass is 9.88. The van der Waals surface area contributed by atoms with Gasteiger partial charge in [-0.3, -0.25) is 14.4 Å². The number of carbonyl (C=O) groups is 3. The van der Waals surface area contributed by atoms with Gasteiger partial charge in [0.15, 0.2) is 0 Å². The van der Waals surface area contributed by atoms with E-state index in [1.54, 1.807) is 35.2 Å². The number of methoxy groups -OCH3 is 1. The number of ether oxygens (including phenoxy) is 1. The fraction of sp³-hybridized carbons (Fsp3) is 0.423. The standard InChI is InChI=1S/C26H30FN3O4/c1-34-22-9-5-6-19(17-22)24(31)28-23(26(33)29-12-2-3-13-29)18-10-14-30(15-11-18)25(32)20-7-4-8-21(27)16-20/h4-9,16-18,23H,2-3,10-15H2,1H3,(H,28,31)/t23-/m0/s1. The topological polar surface area (TPSA) is 79.0 Å². The maximum absolute atomic E-state index is 13.5. The molecule has 180 valence electrons. The Morgan fingerprint density at radius 2 is 1.62 bits per heavy atom. The zero-order chi connectivity index (χ0) is 24.1. The van der Waals surface area contributed by atoms with E-state index in [4.69, 9.17) is 4.74 Å². The van der Waals surface area contributed by atoms with Gasteiger partial charge in [0.1, 0.15) is 17.6 Å². The highest BCUT2D eigenvalue weighted by Gasteiger charge is 2.37. The molecule has 2 aliphatic heterocycles. The lowest BCUT2D eigenvalue weighted by Crippen LogP contribution is -2.54. The quantitative estimate of drug-likeness (QED) is 0.708. The Kier molecular flexibility index (Phi) is 7.45. The zero-order valence-corrected chi connectivity index (χ0v) is 19.3. The number of hydrogen-bond donors (Lipinski definition) is 1. The molecule has 8 heteroatoms. The van der Waals surface area contributed by atoms with E-state index < -0.39 is 11.9 Å². The molecule has 0 aromatic heterocycles. The highest BCUT2D eigenvalue weighted by molar-refractivity contribution is 5.98. The third-order valence-corrected chi connectivity index (χ3v) is 6.67. The lowest BCUT2D eigenvalue weighted by Gasteiger charge is -2.37. The molecule has 0 saturated carbocycles. The van der Waals surface area contributed by atoms with E-state index in [1.807, 2.05) is 4.90 Å². The van der Waals surface area contributed by atoms with Gasteiger partial charge in [-0.1, -0.05) is 12.1 Å². The highest BCUT2D eigenvalue weighted by atomic mass is 19.1. The van der Waals surface area contributed by atoms with Crippen molar-refractivity contribution in [2.45, 2.75) is 31.7 Å². The van der Waals surface area contributed by atoms with Crippen LogP contribution < -0.4 is 10.1 Å². The van der Waals surface area contributed by atoms with E-state index >= 15 is 0 Å². The van der Waals surface area contributed by atoms with Crippen LogP contribution in [0.2, 0.25) is 0 Å². The number of nitrogens with one attached hydrogen (secondary N) is 1. The molecule has 1 atom stereocenters. The molecule has 0 radical (unpaired) electrons. The van der Waals surface area contributed by atoms with Gasteiger partial charge < -0.3 is 19.9 Å². The van der Waals surface area contributed by atoms with Crippen LogP contribution in [0.5, 0.6) is 5.75 Å². The summed E-state index contributed by atoms with van der Waals surface area (Å²) in [4.78, 5) is 42.7. The Balaban J connectivity index is 1.46. The van der Waals surface area contributed by atoms with Crippen molar-refractivity contribution in [2.75, 3.05) is 33.3 Å². The normalized spacial score (nSPS) is 17.4. The number of halogens is 1. The summed E-state index contributed by atoms with van der Waals surface area (Å²) in [5.41, 5.74) is 0.742. The fourth-order valence-electron chi connectivity index (χ4n) is 4.74. The number of hydrogen-bond acceptors (Lipinski definition) is 4. The number of nitrogens with zero attached hydrogens (tertiary/aromatic N) is 2. The first kappa shape index (κ1) is 23.7. The van der Waals surface area contributed by atoms with Gasteiger partial charge in [-0.05, 0) is 68.0 Å². The van der Waals surface area contributed by atoms with Crippen molar-refractivity contribution in [2.24, 2.45) is 5.92 Å². The van der Waals surface area contributed by atoms with E-state index in [0.717, 1.165) is 12.8 Å². The average molecular weight is 468 g/mol. The molecule has 0 unspecified atom stereocenters. The van der Waals surface area contributed by atoms with Crippen LogP contribution in [0.15, 0.2) is 48.5 Å². The van der Waals surface area contributed by atoms with Gasteiger partial charge in [-0.25, -0.2) is 4.39 Å². The summed E-state index contributed by atoms with van der Waals surface area (Å²) in [5, 5.41) is 2.98. The number of carbonyl (C=O) groups excluding carboxylic acids is 3. The van der Waals surface area contributed by atoms with Crippen molar-refractivity contribution in [3.8, 4) is 5.75 Å². The Bertz CT molecular complexity index is 1050. The minimum atomic E-state index is -0.664. The van der Waals surface area contributed by atoms with Crippen LogP contribution in [-0.2, 0) is 4.79 Å². The predicted molar refractivity (Wildman–Crippen MR) is 125 cm³/mol. The Morgan fingerprint density at radius 1 is 0.941 bits per heavy atom. The summed E-state index contributed by atoms with van der Waals surface area (Å²) in [5.74, 6) is -0.588. The molecule has 2 aliphatic rings. The first-order valence-corrected chi connectivity index (χ1v) is 11.7. The van der Waals surface area contributed by atoms with E-state index in [-0.39, 0.29) is 23.6 Å². The first-order chi connectivity index (χ1) is 16.5. The van der Waals surface area contributed by atoms with Crippen LogP contribution in [0, 0.1) is 11.7 Å². The zero-order valence-electron chi connectivity index (χ0n) is 19.3. The van der Waals surface area contributed by atoms with E-state index in [1.165, 1.54) is 25.3 Å². The molecule has 2 aromatic carbocycles. The number of piperidine rings is 1. The lowest BCUT2D eigenvalue weighted by molar-refractivity contribution is -0.134. The third kappa shape index (κ3) is 5.38. The van der Waals surface area contributed by atoms with Crippen LogP contribution in [0.25, 0.3) is 0 Å². The number of rotatable bonds is 6. The molecule has 0 bridgehead atoms. The van der Waals surface area contributed by atoms with Crippen molar-refractivity contribution in [1.82, 2.24) is 15.1 Å². The summed E-state index contributed by atoms with van der Waals surface area (Å²) in [6, 6.07) is 11.8. The molecular weight excluding hydrogens is 437 g/mol. The summed E-state index contributed by atoms with van der Waals surface area (Å²) < 4.78 is 18.8. The molecule has 4 rings (SSSR count). The van der Waals surface area contributed by atoms with Gasteiger partial charge >= 0.3 is 0 Å². The second kappa shape index (κ2) is 10.7. The van der Waals surface area contributed by atoms with Crippen molar-refractivity contribution in [3.05, 3.63) is 65.5 Å².